The number of imide groups is 1. The largest absolute Gasteiger partial charge is 0.481 e. The molecule has 2 rings (SSSR count). The van der Waals surface area contributed by atoms with E-state index in [0.29, 0.717) is 10.6 Å². The summed E-state index contributed by atoms with van der Waals surface area (Å²) in [6.07, 6.45) is -0.130. The van der Waals surface area contributed by atoms with Crippen LogP contribution in [0.3, 0.4) is 0 Å². The van der Waals surface area contributed by atoms with Crippen molar-refractivity contribution in [1.29, 1.82) is 0 Å². The van der Waals surface area contributed by atoms with Gasteiger partial charge in [0.15, 0.2) is 0 Å². The van der Waals surface area contributed by atoms with Gasteiger partial charge in [0.1, 0.15) is 0 Å². The highest BCUT2D eigenvalue weighted by Crippen LogP contribution is 2.21. The molecule has 0 aliphatic carbocycles. The van der Waals surface area contributed by atoms with E-state index in [1.807, 2.05) is 0 Å². The van der Waals surface area contributed by atoms with Crippen molar-refractivity contribution < 1.29 is 19.5 Å². The lowest BCUT2D eigenvalue weighted by Crippen LogP contribution is -2.33. The number of rotatable bonds is 2. The molecular weight excluding hydrogens is 258 g/mol. The van der Waals surface area contributed by atoms with Gasteiger partial charge in [0.25, 0.3) is 5.91 Å². The van der Waals surface area contributed by atoms with Gasteiger partial charge >= 0.3 is 5.97 Å². The van der Waals surface area contributed by atoms with Crippen molar-refractivity contribution in [3.05, 3.63) is 34.9 Å². The van der Waals surface area contributed by atoms with E-state index in [0.717, 1.165) is 4.90 Å². The Hall–Kier alpha value is -1.88. The Balaban J connectivity index is 2.17. The molecule has 1 saturated heterocycles. The van der Waals surface area contributed by atoms with E-state index in [4.69, 9.17) is 16.7 Å². The van der Waals surface area contributed by atoms with Crippen LogP contribution in [0.4, 0.5) is 0 Å². The highest BCUT2D eigenvalue weighted by atomic mass is 35.5. The number of aliphatic carboxylic acids is 1. The maximum absolute atomic E-state index is 12.0. The Bertz CT molecular complexity index is 511. The van der Waals surface area contributed by atoms with E-state index >= 15 is 0 Å². The van der Waals surface area contributed by atoms with E-state index in [1.54, 1.807) is 12.1 Å². The number of carbonyl (C=O) groups excluding carboxylic acids is 2. The van der Waals surface area contributed by atoms with E-state index in [9.17, 15) is 14.4 Å². The minimum Gasteiger partial charge on any atom is -0.481 e. The molecule has 1 fully saturated rings. The number of hydrogen-bond acceptors (Lipinski definition) is 3. The van der Waals surface area contributed by atoms with E-state index in [2.05, 4.69) is 0 Å². The summed E-state index contributed by atoms with van der Waals surface area (Å²) in [5.41, 5.74) is 0.318. The Morgan fingerprint density at radius 3 is 2.39 bits per heavy atom. The summed E-state index contributed by atoms with van der Waals surface area (Å²) in [4.78, 5) is 35.4. The number of nitrogens with zero attached hydrogens (tertiary/aromatic N) is 1. The van der Waals surface area contributed by atoms with Gasteiger partial charge in [0, 0.05) is 23.6 Å². The number of amides is 2. The van der Waals surface area contributed by atoms with Crippen LogP contribution in [0.25, 0.3) is 0 Å². The number of benzene rings is 1. The molecule has 0 aromatic heterocycles. The average molecular weight is 268 g/mol. The fourth-order valence-corrected chi connectivity index (χ4v) is 1.94. The Labute approximate surface area is 108 Å². The van der Waals surface area contributed by atoms with Crippen LogP contribution in [0.5, 0.6) is 0 Å². The van der Waals surface area contributed by atoms with Gasteiger partial charge in [-0.05, 0) is 24.3 Å². The first-order valence-corrected chi connectivity index (χ1v) is 5.70. The molecular formula is C12H10ClNO4. The monoisotopic (exact) mass is 267 g/mol. The first kappa shape index (κ1) is 12.6. The van der Waals surface area contributed by atoms with Gasteiger partial charge in [-0.3, -0.25) is 19.3 Å². The molecule has 1 aromatic rings. The molecule has 2 amide bonds. The number of likely N-dealkylation sites (tertiary alicyclic amines) is 1. The molecule has 1 unspecified atom stereocenters. The van der Waals surface area contributed by atoms with Crippen molar-refractivity contribution in [3.63, 3.8) is 0 Å². The lowest BCUT2D eigenvalue weighted by Gasteiger charge is -2.13. The van der Waals surface area contributed by atoms with Gasteiger partial charge < -0.3 is 5.11 Å². The maximum Gasteiger partial charge on any atom is 0.308 e. The molecule has 6 heteroatoms. The zero-order chi connectivity index (χ0) is 13.3. The molecule has 0 spiro atoms. The number of carbonyl (C=O) groups is 3. The summed E-state index contributed by atoms with van der Waals surface area (Å²) in [5, 5.41) is 9.32. The smallest absolute Gasteiger partial charge is 0.308 e. The summed E-state index contributed by atoms with van der Waals surface area (Å²) in [6, 6.07) is 6.10. The molecule has 94 valence electrons. The van der Waals surface area contributed by atoms with Crippen LogP contribution in [-0.2, 0) is 9.59 Å². The highest BCUT2D eigenvalue weighted by molar-refractivity contribution is 6.30. The lowest BCUT2D eigenvalue weighted by atomic mass is 10.1. The van der Waals surface area contributed by atoms with Crippen LogP contribution in [-0.4, -0.2) is 34.3 Å². The van der Waals surface area contributed by atoms with E-state index in [1.165, 1.54) is 12.1 Å². The fraction of sp³-hybridized carbons (Fsp3) is 0.250. The second-order valence-electron chi connectivity index (χ2n) is 4.06. The van der Waals surface area contributed by atoms with Crippen LogP contribution in [0.15, 0.2) is 24.3 Å². The minimum atomic E-state index is -1.06. The van der Waals surface area contributed by atoms with Gasteiger partial charge in [-0.1, -0.05) is 11.6 Å². The third-order valence-corrected chi connectivity index (χ3v) is 3.06. The van der Waals surface area contributed by atoms with E-state index in [-0.39, 0.29) is 13.0 Å². The standard InChI is InChI=1S/C12H10ClNO4/c13-9-3-1-7(2-4-9)11(16)14-6-8(12(17)18)5-10(14)15/h1-4,8H,5-6H2,(H,17,18). The zero-order valence-electron chi connectivity index (χ0n) is 9.30. The van der Waals surface area contributed by atoms with E-state index < -0.39 is 23.7 Å². The Kier molecular flexibility index (Phi) is 3.34. The fourth-order valence-electron chi connectivity index (χ4n) is 1.82. The molecule has 0 bridgehead atoms. The quantitative estimate of drug-likeness (QED) is 0.822. The topological polar surface area (TPSA) is 74.7 Å². The van der Waals surface area contributed by atoms with Crippen LogP contribution in [0, 0.1) is 5.92 Å². The molecule has 1 aromatic carbocycles. The Morgan fingerprint density at radius 1 is 1.28 bits per heavy atom. The van der Waals surface area contributed by atoms with Crippen molar-refractivity contribution in [3.8, 4) is 0 Å². The van der Waals surface area contributed by atoms with Crippen molar-refractivity contribution in [2.45, 2.75) is 6.42 Å². The molecule has 1 aliphatic rings. The predicted octanol–water partition coefficient (Wildman–Crippen LogP) is 1.41. The molecule has 5 nitrogen and oxygen atoms in total. The van der Waals surface area contributed by atoms with Crippen molar-refractivity contribution in [1.82, 2.24) is 4.90 Å². The van der Waals surface area contributed by atoms with Crippen molar-refractivity contribution in [2.24, 2.45) is 5.92 Å². The van der Waals surface area contributed by atoms with Crippen LogP contribution in [0.1, 0.15) is 16.8 Å². The highest BCUT2D eigenvalue weighted by Gasteiger charge is 2.37. The number of halogens is 1. The molecule has 0 saturated carbocycles. The molecule has 1 atom stereocenters. The third kappa shape index (κ3) is 2.36. The van der Waals surface area contributed by atoms with Gasteiger partial charge in [-0.25, -0.2) is 0 Å². The maximum atomic E-state index is 12.0. The van der Waals surface area contributed by atoms with Crippen LogP contribution in [0.2, 0.25) is 5.02 Å². The molecule has 1 N–H and O–H groups in total. The second-order valence-corrected chi connectivity index (χ2v) is 4.49. The minimum absolute atomic E-state index is 0.0738. The van der Waals surface area contributed by atoms with Gasteiger partial charge in [-0.15, -0.1) is 0 Å². The van der Waals surface area contributed by atoms with Crippen molar-refractivity contribution in [2.75, 3.05) is 6.54 Å². The Morgan fingerprint density at radius 2 is 1.89 bits per heavy atom. The SMILES string of the molecule is O=C(O)C1CC(=O)N(C(=O)c2ccc(Cl)cc2)C1. The third-order valence-electron chi connectivity index (χ3n) is 2.81. The lowest BCUT2D eigenvalue weighted by molar-refractivity contribution is -0.141. The number of hydrogen-bond donors (Lipinski definition) is 1. The van der Waals surface area contributed by atoms with Crippen LogP contribution >= 0.6 is 11.6 Å². The normalized spacial score (nSPS) is 19.1. The second kappa shape index (κ2) is 4.78. The van der Waals surface area contributed by atoms with Gasteiger partial charge in [0.2, 0.25) is 5.91 Å². The number of carboxylic acid groups (broad SMARTS) is 1. The summed E-state index contributed by atoms with van der Waals surface area (Å²) >= 11 is 5.70. The summed E-state index contributed by atoms with van der Waals surface area (Å²) in [5.74, 6) is -2.81. The first-order valence-electron chi connectivity index (χ1n) is 5.32. The molecule has 1 aliphatic heterocycles. The predicted molar refractivity (Wildman–Crippen MR) is 63.2 cm³/mol. The zero-order valence-corrected chi connectivity index (χ0v) is 10.1. The number of carboxylic acids is 1. The first-order chi connectivity index (χ1) is 8.49. The summed E-state index contributed by atoms with van der Waals surface area (Å²) in [6.45, 7) is -0.0738. The van der Waals surface area contributed by atoms with Crippen molar-refractivity contribution >= 4 is 29.4 Å². The van der Waals surface area contributed by atoms with Gasteiger partial charge in [-0.2, -0.15) is 0 Å². The van der Waals surface area contributed by atoms with Crippen LogP contribution < -0.4 is 0 Å². The summed E-state index contributed by atoms with van der Waals surface area (Å²) < 4.78 is 0. The molecule has 18 heavy (non-hydrogen) atoms. The molecule has 1 heterocycles. The average Bonchev–Trinajstić information content (AvgIpc) is 2.71. The van der Waals surface area contributed by atoms with Gasteiger partial charge in [0.05, 0.1) is 5.92 Å². The summed E-state index contributed by atoms with van der Waals surface area (Å²) in [7, 11) is 0. The molecule has 0 radical (unpaired) electrons.